The fraction of sp³-hybridized carbons (Fsp3) is 0.100. The molecule has 0 amide bonds. The summed E-state index contributed by atoms with van der Waals surface area (Å²) in [5.74, 6) is -0.0694. The number of Topliss-reactive ketones (excluding diaryl/α,β-unsaturated/α-hetero) is 1. The molecule has 0 saturated carbocycles. The molecule has 1 heterocycles. The average molecular weight is 254 g/mol. The highest BCUT2D eigenvalue weighted by molar-refractivity contribution is 9.10. The van der Waals surface area contributed by atoms with Crippen molar-refractivity contribution < 1.29 is 9.21 Å². The van der Waals surface area contributed by atoms with Crippen molar-refractivity contribution in [3.05, 3.63) is 34.5 Å². The van der Waals surface area contributed by atoms with Crippen LogP contribution in [0.5, 0.6) is 0 Å². The number of hydrogen-bond acceptors (Lipinski definition) is 3. The second-order valence-electron chi connectivity index (χ2n) is 2.92. The lowest BCUT2D eigenvalue weighted by molar-refractivity contribution is 0.100. The van der Waals surface area contributed by atoms with Gasteiger partial charge in [-0.3, -0.25) is 4.79 Å². The van der Waals surface area contributed by atoms with Crippen LogP contribution in [0, 0.1) is 0 Å². The molecule has 3 nitrogen and oxygen atoms in total. The van der Waals surface area contributed by atoms with E-state index in [2.05, 4.69) is 15.9 Å². The van der Waals surface area contributed by atoms with Crippen LogP contribution in [0.15, 0.2) is 33.4 Å². The lowest BCUT2D eigenvalue weighted by Gasteiger charge is -1.97. The van der Waals surface area contributed by atoms with Gasteiger partial charge in [0.2, 0.25) is 0 Å². The van der Waals surface area contributed by atoms with Crippen molar-refractivity contribution >= 4 is 32.7 Å². The summed E-state index contributed by atoms with van der Waals surface area (Å²) in [5.41, 5.74) is 6.64. The highest BCUT2D eigenvalue weighted by atomic mass is 79.9. The van der Waals surface area contributed by atoms with Crippen molar-refractivity contribution in [1.29, 1.82) is 0 Å². The summed E-state index contributed by atoms with van der Waals surface area (Å²) in [6.07, 6.45) is 1.60. The Hall–Kier alpha value is -1.13. The standard InChI is InChI=1S/C10H8BrNO2/c11-8-5-14-10-2-1-6(3-7(8)10)9(13)4-12/h1-3,5H,4,12H2. The van der Waals surface area contributed by atoms with Gasteiger partial charge in [-0.1, -0.05) is 0 Å². The number of furan rings is 1. The van der Waals surface area contributed by atoms with Gasteiger partial charge in [-0.25, -0.2) is 0 Å². The zero-order chi connectivity index (χ0) is 10.1. The van der Waals surface area contributed by atoms with Crippen LogP contribution in [0.1, 0.15) is 10.4 Å². The SMILES string of the molecule is NCC(=O)c1ccc2occ(Br)c2c1. The molecular formula is C10H8BrNO2. The number of benzene rings is 1. The highest BCUT2D eigenvalue weighted by Crippen LogP contribution is 2.26. The van der Waals surface area contributed by atoms with E-state index in [1.807, 2.05) is 0 Å². The van der Waals surface area contributed by atoms with Crippen LogP contribution in [-0.4, -0.2) is 12.3 Å². The van der Waals surface area contributed by atoms with Gasteiger partial charge in [-0.05, 0) is 34.1 Å². The van der Waals surface area contributed by atoms with Crippen molar-refractivity contribution in [2.75, 3.05) is 6.54 Å². The van der Waals surface area contributed by atoms with Crippen LogP contribution in [0.3, 0.4) is 0 Å². The Bertz CT molecular complexity index is 490. The first-order valence-electron chi connectivity index (χ1n) is 4.12. The summed E-state index contributed by atoms with van der Waals surface area (Å²) < 4.78 is 6.07. The molecule has 0 atom stereocenters. The molecule has 14 heavy (non-hydrogen) atoms. The zero-order valence-corrected chi connectivity index (χ0v) is 8.87. The molecule has 0 unspecified atom stereocenters. The summed E-state index contributed by atoms with van der Waals surface area (Å²) in [6.45, 7) is 0.0287. The van der Waals surface area contributed by atoms with Gasteiger partial charge in [0, 0.05) is 10.9 Å². The van der Waals surface area contributed by atoms with Crippen LogP contribution in [-0.2, 0) is 0 Å². The van der Waals surface area contributed by atoms with Crippen molar-refractivity contribution in [1.82, 2.24) is 0 Å². The lowest BCUT2D eigenvalue weighted by Crippen LogP contribution is -2.13. The lowest BCUT2D eigenvalue weighted by atomic mass is 10.1. The summed E-state index contributed by atoms with van der Waals surface area (Å²) in [6, 6.07) is 5.26. The van der Waals surface area contributed by atoms with Gasteiger partial charge < -0.3 is 10.2 Å². The summed E-state index contributed by atoms with van der Waals surface area (Å²) >= 11 is 3.34. The Balaban J connectivity index is 2.60. The molecule has 0 spiro atoms. The number of hydrogen-bond donors (Lipinski definition) is 1. The molecule has 4 heteroatoms. The Kier molecular flexibility index (Phi) is 2.39. The van der Waals surface area contributed by atoms with Crippen molar-refractivity contribution in [3.63, 3.8) is 0 Å². The van der Waals surface area contributed by atoms with Crippen LogP contribution in [0.25, 0.3) is 11.0 Å². The summed E-state index contributed by atoms with van der Waals surface area (Å²) in [5, 5.41) is 0.893. The van der Waals surface area contributed by atoms with E-state index in [-0.39, 0.29) is 12.3 Å². The van der Waals surface area contributed by atoms with Gasteiger partial charge >= 0.3 is 0 Å². The maximum absolute atomic E-state index is 11.3. The minimum atomic E-state index is -0.0694. The molecule has 1 aromatic heterocycles. The minimum Gasteiger partial charge on any atom is -0.463 e. The predicted molar refractivity (Wildman–Crippen MR) is 57.3 cm³/mol. The Morgan fingerprint density at radius 3 is 3.00 bits per heavy atom. The van der Waals surface area contributed by atoms with Crippen LogP contribution in [0.4, 0.5) is 0 Å². The predicted octanol–water partition coefficient (Wildman–Crippen LogP) is 2.34. The maximum atomic E-state index is 11.3. The molecule has 2 N–H and O–H groups in total. The first-order valence-corrected chi connectivity index (χ1v) is 4.91. The number of halogens is 1. The van der Waals surface area contributed by atoms with Gasteiger partial charge in [0.05, 0.1) is 11.0 Å². The quantitative estimate of drug-likeness (QED) is 0.837. The third-order valence-electron chi connectivity index (χ3n) is 2.03. The molecule has 0 aliphatic heterocycles. The van der Waals surface area contributed by atoms with E-state index in [4.69, 9.17) is 10.2 Å². The Morgan fingerprint density at radius 1 is 1.50 bits per heavy atom. The van der Waals surface area contributed by atoms with E-state index in [0.29, 0.717) is 5.56 Å². The number of carbonyl (C=O) groups excluding carboxylic acids is 1. The fourth-order valence-corrected chi connectivity index (χ4v) is 1.69. The van der Waals surface area contributed by atoms with E-state index in [1.54, 1.807) is 24.5 Å². The van der Waals surface area contributed by atoms with Gasteiger partial charge in [0.15, 0.2) is 5.78 Å². The molecule has 0 saturated heterocycles. The Labute approximate surface area is 89.0 Å². The zero-order valence-electron chi connectivity index (χ0n) is 7.29. The number of nitrogens with two attached hydrogens (primary N) is 1. The fourth-order valence-electron chi connectivity index (χ4n) is 1.29. The molecule has 72 valence electrons. The van der Waals surface area contributed by atoms with E-state index < -0.39 is 0 Å². The van der Waals surface area contributed by atoms with Crippen LogP contribution in [0.2, 0.25) is 0 Å². The van der Waals surface area contributed by atoms with E-state index in [9.17, 15) is 4.79 Å². The first kappa shape index (κ1) is 9.43. The van der Waals surface area contributed by atoms with E-state index in [0.717, 1.165) is 15.4 Å². The molecule has 0 radical (unpaired) electrons. The van der Waals surface area contributed by atoms with Crippen molar-refractivity contribution in [2.45, 2.75) is 0 Å². The first-order chi connectivity index (χ1) is 6.72. The minimum absolute atomic E-state index is 0.0287. The van der Waals surface area contributed by atoms with Crippen molar-refractivity contribution in [2.24, 2.45) is 5.73 Å². The number of ketones is 1. The highest BCUT2D eigenvalue weighted by Gasteiger charge is 2.08. The number of carbonyl (C=O) groups is 1. The molecule has 0 bridgehead atoms. The molecule has 0 fully saturated rings. The monoisotopic (exact) mass is 253 g/mol. The van der Waals surface area contributed by atoms with Crippen LogP contribution >= 0.6 is 15.9 Å². The maximum Gasteiger partial charge on any atom is 0.176 e. The third kappa shape index (κ3) is 1.47. The summed E-state index contributed by atoms with van der Waals surface area (Å²) in [4.78, 5) is 11.3. The molecule has 2 aromatic rings. The molecule has 2 rings (SSSR count). The van der Waals surface area contributed by atoms with Gasteiger partial charge in [0.25, 0.3) is 0 Å². The van der Waals surface area contributed by atoms with Gasteiger partial charge in [-0.15, -0.1) is 0 Å². The second-order valence-corrected chi connectivity index (χ2v) is 3.78. The third-order valence-corrected chi connectivity index (χ3v) is 2.65. The second kappa shape index (κ2) is 3.55. The van der Waals surface area contributed by atoms with E-state index >= 15 is 0 Å². The molecular weight excluding hydrogens is 246 g/mol. The van der Waals surface area contributed by atoms with Gasteiger partial charge in [-0.2, -0.15) is 0 Å². The topological polar surface area (TPSA) is 56.2 Å². The largest absolute Gasteiger partial charge is 0.463 e. The normalized spacial score (nSPS) is 10.7. The summed E-state index contributed by atoms with van der Waals surface area (Å²) in [7, 11) is 0. The number of fused-ring (bicyclic) bond motifs is 1. The Morgan fingerprint density at radius 2 is 2.29 bits per heavy atom. The van der Waals surface area contributed by atoms with Crippen LogP contribution < -0.4 is 5.73 Å². The van der Waals surface area contributed by atoms with E-state index in [1.165, 1.54) is 0 Å². The van der Waals surface area contributed by atoms with Gasteiger partial charge in [0.1, 0.15) is 11.8 Å². The average Bonchev–Trinajstić information content (AvgIpc) is 2.59. The van der Waals surface area contributed by atoms with Crippen molar-refractivity contribution in [3.8, 4) is 0 Å². The smallest absolute Gasteiger partial charge is 0.176 e. The number of rotatable bonds is 2. The molecule has 0 aliphatic carbocycles. The molecule has 0 aliphatic rings. The molecule has 1 aromatic carbocycles.